The lowest BCUT2D eigenvalue weighted by Crippen LogP contribution is -2.39. The zero-order valence-electron chi connectivity index (χ0n) is 18.3. The van der Waals surface area contributed by atoms with Gasteiger partial charge < -0.3 is 5.32 Å². The van der Waals surface area contributed by atoms with Crippen LogP contribution in [-0.4, -0.2) is 21.5 Å². The highest BCUT2D eigenvalue weighted by Crippen LogP contribution is 2.44. The molecule has 4 nitrogen and oxygen atoms in total. The number of aryl methyl sites for hydroxylation is 1. The van der Waals surface area contributed by atoms with Crippen LogP contribution in [0.1, 0.15) is 61.5 Å². The van der Waals surface area contributed by atoms with Crippen LogP contribution < -0.4 is 5.32 Å². The number of hydrogen-bond donors (Lipinski definition) is 1. The monoisotopic (exact) mass is 413 g/mol. The number of carbonyl (C=O) groups excluding carboxylic acids is 1. The minimum absolute atomic E-state index is 0.0122. The summed E-state index contributed by atoms with van der Waals surface area (Å²) >= 11 is 0. The average molecular weight is 414 g/mol. The van der Waals surface area contributed by atoms with Crippen molar-refractivity contribution < 1.29 is 4.79 Å². The Morgan fingerprint density at radius 1 is 1.03 bits per heavy atom. The Kier molecular flexibility index (Phi) is 5.63. The maximum absolute atomic E-state index is 13.0. The van der Waals surface area contributed by atoms with Gasteiger partial charge in [-0.25, -0.2) is 4.98 Å². The largest absolute Gasteiger partial charge is 0.348 e. The molecule has 4 heteroatoms. The number of benzene rings is 2. The molecular weight excluding hydrogens is 382 g/mol. The zero-order valence-corrected chi connectivity index (χ0v) is 18.3. The van der Waals surface area contributed by atoms with Gasteiger partial charge in [0, 0.05) is 11.7 Å². The van der Waals surface area contributed by atoms with Gasteiger partial charge in [-0.05, 0) is 72.8 Å². The van der Waals surface area contributed by atoms with E-state index in [0.717, 1.165) is 24.4 Å². The topological polar surface area (TPSA) is 46.9 Å². The maximum Gasteiger partial charge on any atom is 0.270 e. The van der Waals surface area contributed by atoms with E-state index < -0.39 is 0 Å². The number of nitrogens with zero attached hydrogens (tertiary/aromatic N) is 2. The second kappa shape index (κ2) is 8.70. The highest BCUT2D eigenvalue weighted by atomic mass is 16.2. The molecular formula is C27H31N3O. The van der Waals surface area contributed by atoms with E-state index in [1.165, 1.54) is 48.8 Å². The summed E-state index contributed by atoms with van der Waals surface area (Å²) in [6.07, 6.45) is 12.0. The van der Waals surface area contributed by atoms with Gasteiger partial charge in [0.1, 0.15) is 5.69 Å². The van der Waals surface area contributed by atoms with Crippen molar-refractivity contribution in [3.63, 3.8) is 0 Å². The minimum Gasteiger partial charge on any atom is -0.348 e. The molecule has 2 saturated carbocycles. The molecule has 3 aromatic rings. The first kappa shape index (κ1) is 20.0. The summed E-state index contributed by atoms with van der Waals surface area (Å²) < 4.78 is 1.89. The Balaban J connectivity index is 1.29. The number of hydrogen-bond acceptors (Lipinski definition) is 2. The van der Waals surface area contributed by atoms with Crippen LogP contribution in [0, 0.1) is 11.8 Å². The molecule has 0 spiro atoms. The van der Waals surface area contributed by atoms with Crippen LogP contribution in [0.5, 0.6) is 0 Å². The number of aromatic nitrogens is 2. The van der Waals surface area contributed by atoms with Gasteiger partial charge in [0.25, 0.3) is 5.91 Å². The van der Waals surface area contributed by atoms with Gasteiger partial charge in [-0.1, -0.05) is 56.2 Å². The molecule has 1 aromatic heterocycles. The van der Waals surface area contributed by atoms with Crippen LogP contribution in [0.15, 0.2) is 61.1 Å². The minimum atomic E-state index is -0.0122. The summed E-state index contributed by atoms with van der Waals surface area (Å²) in [5.41, 5.74) is 5.35. The van der Waals surface area contributed by atoms with Crippen molar-refractivity contribution in [2.24, 2.45) is 11.8 Å². The summed E-state index contributed by atoms with van der Waals surface area (Å²) in [5.74, 6) is 1.47. The Labute approximate surface area is 184 Å². The molecule has 31 heavy (non-hydrogen) atoms. The number of unbranched alkanes of at least 4 members (excludes halogenated alkanes) is 1. The van der Waals surface area contributed by atoms with E-state index in [1.54, 1.807) is 12.5 Å². The van der Waals surface area contributed by atoms with Gasteiger partial charge in [0.15, 0.2) is 0 Å². The second-order valence-electron chi connectivity index (χ2n) is 9.25. The van der Waals surface area contributed by atoms with E-state index in [9.17, 15) is 4.79 Å². The van der Waals surface area contributed by atoms with Gasteiger partial charge >= 0.3 is 0 Å². The molecule has 2 aliphatic carbocycles. The first-order valence-electron chi connectivity index (χ1n) is 11.7. The van der Waals surface area contributed by atoms with Crippen LogP contribution in [0.4, 0.5) is 0 Å². The van der Waals surface area contributed by atoms with Crippen molar-refractivity contribution in [1.82, 2.24) is 14.9 Å². The summed E-state index contributed by atoms with van der Waals surface area (Å²) in [7, 11) is 0. The molecule has 3 atom stereocenters. The molecule has 0 saturated heterocycles. The molecule has 2 bridgehead atoms. The molecule has 0 aliphatic heterocycles. The van der Waals surface area contributed by atoms with Crippen LogP contribution in [0.3, 0.4) is 0 Å². The van der Waals surface area contributed by atoms with E-state index in [0.29, 0.717) is 17.7 Å². The Bertz CT molecular complexity index is 1040. The van der Waals surface area contributed by atoms with Gasteiger partial charge in [-0.3, -0.25) is 9.36 Å². The molecule has 5 rings (SSSR count). The van der Waals surface area contributed by atoms with Gasteiger partial charge in [-0.15, -0.1) is 0 Å². The fourth-order valence-corrected chi connectivity index (χ4v) is 5.39. The quantitative estimate of drug-likeness (QED) is 0.532. The van der Waals surface area contributed by atoms with Crippen molar-refractivity contribution in [3.05, 3.63) is 72.3 Å². The number of rotatable bonds is 7. The lowest BCUT2D eigenvalue weighted by atomic mass is 9.95. The van der Waals surface area contributed by atoms with E-state index in [2.05, 4.69) is 65.8 Å². The zero-order chi connectivity index (χ0) is 21.2. The lowest BCUT2D eigenvalue weighted by molar-refractivity contribution is 0.0916. The van der Waals surface area contributed by atoms with E-state index in [1.807, 2.05) is 4.57 Å². The number of carbonyl (C=O) groups is 1. The predicted octanol–water partition coefficient (Wildman–Crippen LogP) is 5.80. The van der Waals surface area contributed by atoms with Crippen molar-refractivity contribution in [1.29, 1.82) is 0 Å². The third kappa shape index (κ3) is 4.16. The molecule has 3 unspecified atom stereocenters. The SMILES string of the molecule is CCCCc1ccc(-c2ccc(-n3cncc3C(=O)NC3CC4CCC3C4)cc2)cc1. The third-order valence-corrected chi connectivity index (χ3v) is 7.18. The fraction of sp³-hybridized carbons (Fsp3) is 0.407. The highest BCUT2D eigenvalue weighted by molar-refractivity contribution is 5.93. The average Bonchev–Trinajstić information content (AvgIpc) is 3.55. The third-order valence-electron chi connectivity index (χ3n) is 7.18. The van der Waals surface area contributed by atoms with Crippen molar-refractivity contribution in [2.45, 2.75) is 57.9 Å². The van der Waals surface area contributed by atoms with Gasteiger partial charge in [-0.2, -0.15) is 0 Å². The highest BCUT2D eigenvalue weighted by Gasteiger charge is 2.40. The van der Waals surface area contributed by atoms with Crippen molar-refractivity contribution in [3.8, 4) is 16.8 Å². The number of fused-ring (bicyclic) bond motifs is 2. The van der Waals surface area contributed by atoms with Crippen LogP contribution in [-0.2, 0) is 6.42 Å². The standard InChI is InChI=1S/C27H31N3O/c1-2-3-4-19-5-8-21(9-6-19)22-11-13-24(14-12-22)30-18-28-17-26(30)27(31)29-25-16-20-7-10-23(25)15-20/h5-6,8-9,11-14,17-18,20,23,25H,2-4,7,10,15-16H2,1H3,(H,29,31). The molecule has 2 aromatic carbocycles. The summed E-state index contributed by atoms with van der Waals surface area (Å²) in [5, 5.41) is 3.28. The van der Waals surface area contributed by atoms with Gasteiger partial charge in [0.05, 0.1) is 12.5 Å². The molecule has 0 radical (unpaired) electrons. The normalized spacial score (nSPS) is 22.0. The number of amides is 1. The molecule has 2 aliphatic rings. The van der Waals surface area contributed by atoms with Crippen LogP contribution in [0.2, 0.25) is 0 Å². The number of imidazole rings is 1. The molecule has 1 N–H and O–H groups in total. The summed E-state index contributed by atoms with van der Waals surface area (Å²) in [4.78, 5) is 17.2. The van der Waals surface area contributed by atoms with Crippen LogP contribution >= 0.6 is 0 Å². The lowest BCUT2D eigenvalue weighted by Gasteiger charge is -2.23. The first-order valence-corrected chi connectivity index (χ1v) is 11.7. The van der Waals surface area contributed by atoms with E-state index >= 15 is 0 Å². The Morgan fingerprint density at radius 3 is 2.42 bits per heavy atom. The van der Waals surface area contributed by atoms with E-state index in [4.69, 9.17) is 0 Å². The van der Waals surface area contributed by atoms with Crippen molar-refractivity contribution >= 4 is 5.91 Å². The maximum atomic E-state index is 13.0. The molecule has 1 amide bonds. The Hall–Kier alpha value is -2.88. The predicted molar refractivity (Wildman–Crippen MR) is 124 cm³/mol. The number of nitrogens with one attached hydrogen (secondary N) is 1. The fourth-order valence-electron chi connectivity index (χ4n) is 5.39. The second-order valence-corrected chi connectivity index (χ2v) is 9.25. The molecule has 1 heterocycles. The first-order chi connectivity index (χ1) is 15.2. The Morgan fingerprint density at radius 2 is 1.77 bits per heavy atom. The summed E-state index contributed by atoms with van der Waals surface area (Å²) in [6.45, 7) is 2.23. The summed E-state index contributed by atoms with van der Waals surface area (Å²) in [6, 6.07) is 17.6. The van der Waals surface area contributed by atoms with E-state index in [-0.39, 0.29) is 5.91 Å². The smallest absolute Gasteiger partial charge is 0.270 e. The molecule has 2 fully saturated rings. The molecule has 160 valence electrons. The van der Waals surface area contributed by atoms with Crippen molar-refractivity contribution in [2.75, 3.05) is 0 Å². The van der Waals surface area contributed by atoms with Crippen LogP contribution in [0.25, 0.3) is 16.8 Å². The van der Waals surface area contributed by atoms with Gasteiger partial charge in [0.2, 0.25) is 0 Å².